The number of benzene rings is 2. The zero-order valence-corrected chi connectivity index (χ0v) is 18.7. The Kier molecular flexibility index (Phi) is 4.83. The quantitative estimate of drug-likeness (QED) is 0.320. The summed E-state index contributed by atoms with van der Waals surface area (Å²) in [4.78, 5) is 53.7. The number of thioether (sulfide) groups is 1. The molecule has 0 bridgehead atoms. The molecule has 5 rings (SSSR count). The average Bonchev–Trinajstić information content (AvgIpc) is 3.24. The molecule has 3 heterocycles. The van der Waals surface area contributed by atoms with Gasteiger partial charge in [0, 0.05) is 27.4 Å². The Morgan fingerprint density at radius 1 is 1.00 bits per heavy atom. The molecule has 1 saturated heterocycles. The largest absolute Gasteiger partial charge is 0.307 e. The molecule has 0 radical (unpaired) electrons. The van der Waals surface area contributed by atoms with Crippen LogP contribution in [0.3, 0.4) is 0 Å². The number of imide groups is 1. The third-order valence-corrected chi connectivity index (χ3v) is 8.30. The molecule has 31 heavy (non-hydrogen) atoms. The van der Waals surface area contributed by atoms with Gasteiger partial charge in [-0.1, -0.05) is 51.2 Å². The molecule has 2 amide bonds. The summed E-state index contributed by atoms with van der Waals surface area (Å²) in [6.07, 6.45) is 0. The van der Waals surface area contributed by atoms with Crippen LogP contribution in [-0.2, 0) is 9.59 Å². The van der Waals surface area contributed by atoms with Crippen molar-refractivity contribution < 1.29 is 14.5 Å². The fraction of sp³-hybridized carbons (Fsp3) is 0.150. The van der Waals surface area contributed by atoms with E-state index in [9.17, 15) is 24.5 Å². The lowest BCUT2D eigenvalue weighted by atomic mass is 9.83. The van der Waals surface area contributed by atoms with Crippen molar-refractivity contribution in [1.29, 1.82) is 0 Å². The zero-order valence-electron chi connectivity index (χ0n) is 15.5. The smallest absolute Gasteiger partial charge is 0.305 e. The lowest BCUT2D eigenvalue weighted by Gasteiger charge is -2.29. The number of nitro groups is 1. The Labute approximate surface area is 191 Å². The summed E-state index contributed by atoms with van der Waals surface area (Å²) in [5, 5.41) is 10.9. The Morgan fingerprint density at radius 2 is 1.68 bits per heavy atom. The van der Waals surface area contributed by atoms with Crippen molar-refractivity contribution in [2.75, 3.05) is 4.90 Å². The van der Waals surface area contributed by atoms with Gasteiger partial charge in [0.25, 0.3) is 5.69 Å². The molecule has 2 aliphatic rings. The lowest BCUT2D eigenvalue weighted by molar-refractivity contribution is -0.384. The van der Waals surface area contributed by atoms with Gasteiger partial charge >= 0.3 is 4.87 Å². The number of H-pyrrole nitrogens is 1. The lowest BCUT2D eigenvalue weighted by Crippen LogP contribution is -2.32. The van der Waals surface area contributed by atoms with Gasteiger partial charge in [-0.05, 0) is 29.8 Å². The van der Waals surface area contributed by atoms with Gasteiger partial charge in [-0.3, -0.25) is 24.5 Å². The van der Waals surface area contributed by atoms with Crippen LogP contribution in [0.2, 0.25) is 0 Å². The van der Waals surface area contributed by atoms with Crippen LogP contribution in [-0.4, -0.2) is 27.0 Å². The second kappa shape index (κ2) is 7.43. The van der Waals surface area contributed by atoms with Crippen molar-refractivity contribution in [3.05, 3.63) is 83.2 Å². The van der Waals surface area contributed by atoms with E-state index < -0.39 is 22.0 Å². The number of nitrogens with zero attached hydrogens (tertiary/aromatic N) is 2. The second-order valence-electron chi connectivity index (χ2n) is 7.09. The summed E-state index contributed by atoms with van der Waals surface area (Å²) in [6, 6.07) is 12.8. The SMILES string of the molecule is O=C1C2Sc3[nH]c(=O)sc3C(c3ccc([N+](=O)[O-])cc3)C2C(=O)N1c1ccc(Br)cc1. The number of nitro benzene ring substituents is 1. The maximum absolute atomic E-state index is 13.5. The average molecular weight is 518 g/mol. The highest BCUT2D eigenvalue weighted by atomic mass is 79.9. The summed E-state index contributed by atoms with van der Waals surface area (Å²) in [5.41, 5.74) is 1.06. The molecule has 0 spiro atoms. The normalized spacial score (nSPS) is 22.4. The Morgan fingerprint density at radius 3 is 2.32 bits per heavy atom. The number of thiazole rings is 1. The van der Waals surface area contributed by atoms with E-state index in [1.807, 2.05) is 0 Å². The van der Waals surface area contributed by atoms with E-state index in [0.29, 0.717) is 21.2 Å². The number of hydrogen-bond donors (Lipinski definition) is 1. The van der Waals surface area contributed by atoms with Gasteiger partial charge in [0.1, 0.15) is 5.25 Å². The van der Waals surface area contributed by atoms with Crippen molar-refractivity contribution in [1.82, 2.24) is 4.98 Å². The van der Waals surface area contributed by atoms with Crippen molar-refractivity contribution in [3.63, 3.8) is 0 Å². The fourth-order valence-corrected chi connectivity index (χ4v) is 6.80. The van der Waals surface area contributed by atoms with Crippen LogP contribution in [0.1, 0.15) is 16.4 Å². The van der Waals surface area contributed by atoms with E-state index in [1.54, 1.807) is 36.4 Å². The Bertz CT molecular complexity index is 1290. The fourth-order valence-electron chi connectivity index (χ4n) is 4.02. The molecule has 8 nitrogen and oxygen atoms in total. The van der Waals surface area contributed by atoms with Crippen LogP contribution in [0.4, 0.5) is 11.4 Å². The number of halogens is 1. The van der Waals surface area contributed by atoms with Gasteiger partial charge in [0.2, 0.25) is 11.8 Å². The number of aromatic amines is 1. The van der Waals surface area contributed by atoms with Crippen molar-refractivity contribution in [3.8, 4) is 0 Å². The standard InChI is InChI=1S/C20H12BrN3O5S2/c21-10-3-7-11(8-4-10)23-18(25)14-13(9-1-5-12(6-2-9)24(28)29)15-17(22-20(27)31-15)30-16(14)19(23)26/h1-8,13-14,16H,(H,22,27). The predicted molar refractivity (Wildman–Crippen MR) is 120 cm³/mol. The first-order valence-corrected chi connectivity index (χ1v) is 11.6. The third kappa shape index (κ3) is 3.24. The summed E-state index contributed by atoms with van der Waals surface area (Å²) in [7, 11) is 0. The molecule has 156 valence electrons. The Balaban J connectivity index is 1.63. The first kappa shape index (κ1) is 20.2. The third-order valence-electron chi connectivity index (χ3n) is 5.37. The highest BCUT2D eigenvalue weighted by molar-refractivity contribution is 9.10. The predicted octanol–water partition coefficient (Wildman–Crippen LogP) is 3.90. The maximum atomic E-state index is 13.5. The van der Waals surface area contributed by atoms with E-state index in [4.69, 9.17) is 0 Å². The van der Waals surface area contributed by atoms with Gasteiger partial charge in [0.05, 0.1) is 21.6 Å². The summed E-state index contributed by atoms with van der Waals surface area (Å²) >= 11 is 5.54. The van der Waals surface area contributed by atoms with E-state index in [-0.39, 0.29) is 22.4 Å². The second-order valence-corrected chi connectivity index (χ2v) is 10.2. The molecule has 1 aromatic heterocycles. The first-order valence-electron chi connectivity index (χ1n) is 9.12. The molecule has 3 unspecified atom stereocenters. The number of carbonyl (C=O) groups is 2. The summed E-state index contributed by atoms with van der Waals surface area (Å²) in [6.45, 7) is 0. The molecule has 3 aromatic rings. The number of rotatable bonds is 3. The number of fused-ring (bicyclic) bond motifs is 2. The van der Waals surface area contributed by atoms with Gasteiger partial charge in [0.15, 0.2) is 0 Å². The van der Waals surface area contributed by atoms with Crippen LogP contribution in [0.5, 0.6) is 0 Å². The van der Waals surface area contributed by atoms with Gasteiger partial charge in [-0.25, -0.2) is 4.90 Å². The molecule has 3 atom stereocenters. The summed E-state index contributed by atoms with van der Waals surface area (Å²) < 4.78 is 0.825. The first-order chi connectivity index (χ1) is 14.8. The Hall–Kier alpha value is -2.76. The van der Waals surface area contributed by atoms with Crippen molar-refractivity contribution in [2.24, 2.45) is 5.92 Å². The number of amides is 2. The van der Waals surface area contributed by atoms with Crippen LogP contribution in [0.15, 0.2) is 62.8 Å². The topological polar surface area (TPSA) is 113 Å². The van der Waals surface area contributed by atoms with Gasteiger partial charge in [-0.2, -0.15) is 0 Å². The van der Waals surface area contributed by atoms with Crippen molar-refractivity contribution >= 4 is 62.2 Å². The highest BCUT2D eigenvalue weighted by Crippen LogP contribution is 2.53. The molecule has 0 aliphatic carbocycles. The number of non-ortho nitro benzene ring substituents is 1. The maximum Gasteiger partial charge on any atom is 0.305 e. The van der Waals surface area contributed by atoms with E-state index in [0.717, 1.165) is 15.8 Å². The van der Waals surface area contributed by atoms with Gasteiger partial charge < -0.3 is 4.98 Å². The molecule has 11 heteroatoms. The molecular formula is C20H12BrN3O5S2. The van der Waals surface area contributed by atoms with Crippen LogP contribution >= 0.6 is 39.0 Å². The minimum absolute atomic E-state index is 0.0710. The van der Waals surface area contributed by atoms with Crippen LogP contribution in [0.25, 0.3) is 0 Å². The van der Waals surface area contributed by atoms with Gasteiger partial charge in [-0.15, -0.1) is 0 Å². The van der Waals surface area contributed by atoms with E-state index in [2.05, 4.69) is 20.9 Å². The monoisotopic (exact) mass is 517 g/mol. The summed E-state index contributed by atoms with van der Waals surface area (Å²) in [5.74, 6) is -1.96. The highest BCUT2D eigenvalue weighted by Gasteiger charge is 2.56. The molecule has 0 saturated carbocycles. The molecule has 1 fully saturated rings. The molecule has 1 N–H and O–H groups in total. The minimum atomic E-state index is -0.721. The van der Waals surface area contributed by atoms with Crippen LogP contribution in [0, 0.1) is 16.0 Å². The number of carbonyl (C=O) groups excluding carboxylic acids is 2. The van der Waals surface area contributed by atoms with Crippen molar-refractivity contribution in [2.45, 2.75) is 16.2 Å². The number of aromatic nitrogens is 1. The molecular weight excluding hydrogens is 506 g/mol. The molecule has 2 aromatic carbocycles. The number of nitrogens with one attached hydrogen (secondary N) is 1. The number of anilines is 1. The zero-order chi connectivity index (χ0) is 21.9. The number of hydrogen-bond acceptors (Lipinski definition) is 7. The van der Waals surface area contributed by atoms with E-state index in [1.165, 1.54) is 28.8 Å². The van der Waals surface area contributed by atoms with Crippen LogP contribution < -0.4 is 9.77 Å². The minimum Gasteiger partial charge on any atom is -0.307 e. The molecule has 2 aliphatic heterocycles. The van der Waals surface area contributed by atoms with E-state index >= 15 is 0 Å².